The van der Waals surface area contributed by atoms with E-state index in [4.69, 9.17) is 10.00 Å². The fraction of sp³-hybridized carbons (Fsp3) is 0.400. The van der Waals surface area contributed by atoms with Crippen molar-refractivity contribution in [3.05, 3.63) is 47.8 Å². The van der Waals surface area contributed by atoms with Gasteiger partial charge in [-0.15, -0.1) is 0 Å². The number of carbonyl (C=O) groups excluding carboxylic acids is 1. The Morgan fingerprint density at radius 1 is 1.33 bits per heavy atom. The molecule has 0 aliphatic heterocycles. The summed E-state index contributed by atoms with van der Waals surface area (Å²) >= 11 is 0. The first-order chi connectivity index (χ1) is 17.3. The Balaban J connectivity index is 1.53. The molecule has 2 aliphatic rings. The van der Waals surface area contributed by atoms with E-state index in [1.54, 1.807) is 16.8 Å². The smallest absolute Gasteiger partial charge is 0.387 e. The van der Waals surface area contributed by atoms with Crippen molar-refractivity contribution in [1.82, 2.24) is 20.2 Å². The minimum absolute atomic E-state index is 0.0156. The molecule has 5 rings (SSSR count). The molecule has 2 aliphatic carbocycles. The van der Waals surface area contributed by atoms with E-state index in [9.17, 15) is 18.0 Å². The highest BCUT2D eigenvalue weighted by molar-refractivity contribution is 6.01. The molecular weight excluding hydrogens is 475 g/mol. The van der Waals surface area contributed by atoms with Crippen LogP contribution in [0.5, 0.6) is 11.5 Å². The van der Waals surface area contributed by atoms with Crippen molar-refractivity contribution in [3.63, 3.8) is 0 Å². The van der Waals surface area contributed by atoms with Gasteiger partial charge < -0.3 is 14.8 Å². The Hall–Kier alpha value is -3.78. The summed E-state index contributed by atoms with van der Waals surface area (Å²) < 4.78 is 51.5. The number of rotatable bonds is 9. The SMILES string of the molecule is COc1cc(-c2cnn3cc(C4(NCC#N)CCC4)ccc23)cc(OC(F)F)c1C(=O)N[C@@H]1C[C@@H]1F. The number of alkyl halides is 3. The number of hydrogen-bond acceptors (Lipinski definition) is 6. The zero-order valence-corrected chi connectivity index (χ0v) is 19.4. The largest absolute Gasteiger partial charge is 0.496 e. The lowest BCUT2D eigenvalue weighted by Gasteiger charge is -2.42. The van der Waals surface area contributed by atoms with Crippen LogP contribution in [0.3, 0.4) is 0 Å². The van der Waals surface area contributed by atoms with Crippen LogP contribution in [-0.2, 0) is 5.54 Å². The van der Waals surface area contributed by atoms with Crippen LogP contribution in [-0.4, -0.2) is 48.0 Å². The Morgan fingerprint density at radius 3 is 2.69 bits per heavy atom. The highest BCUT2D eigenvalue weighted by Crippen LogP contribution is 2.42. The number of carbonyl (C=O) groups is 1. The standard InChI is InChI=1S/C25H24F3N5O3/c1-35-20-9-14(10-21(36-24(27)28)22(20)23(34)32-18-11-17(18)26)16-12-31-33-13-15(3-4-19(16)33)25(5-2-6-25)30-8-7-29/h3-4,9-10,12-13,17-18,24,30H,2,5-6,8,11H2,1H3,(H,32,34)/t17-,18+/m0/s1. The summed E-state index contributed by atoms with van der Waals surface area (Å²) in [7, 11) is 1.31. The van der Waals surface area contributed by atoms with E-state index < -0.39 is 24.7 Å². The van der Waals surface area contributed by atoms with Crippen molar-refractivity contribution in [3.8, 4) is 28.7 Å². The van der Waals surface area contributed by atoms with Gasteiger partial charge in [-0.2, -0.15) is 19.1 Å². The lowest BCUT2D eigenvalue weighted by Crippen LogP contribution is -2.48. The number of halogens is 3. The molecule has 2 saturated carbocycles. The zero-order valence-electron chi connectivity index (χ0n) is 19.4. The second kappa shape index (κ2) is 9.35. The molecule has 1 aromatic carbocycles. The summed E-state index contributed by atoms with van der Waals surface area (Å²) in [6, 6.07) is 8.18. The van der Waals surface area contributed by atoms with Gasteiger partial charge in [0.2, 0.25) is 0 Å². The minimum Gasteiger partial charge on any atom is -0.496 e. The van der Waals surface area contributed by atoms with Crippen LogP contribution in [0, 0.1) is 11.3 Å². The van der Waals surface area contributed by atoms with E-state index in [0.717, 1.165) is 24.8 Å². The summed E-state index contributed by atoms with van der Waals surface area (Å²) in [6.07, 6.45) is 5.38. The van der Waals surface area contributed by atoms with Crippen LogP contribution in [0.4, 0.5) is 13.2 Å². The van der Waals surface area contributed by atoms with E-state index in [1.165, 1.54) is 13.2 Å². The van der Waals surface area contributed by atoms with Gasteiger partial charge in [0, 0.05) is 23.7 Å². The van der Waals surface area contributed by atoms with Gasteiger partial charge in [0.1, 0.15) is 23.2 Å². The first-order valence-corrected chi connectivity index (χ1v) is 11.6. The predicted molar refractivity (Wildman–Crippen MR) is 124 cm³/mol. The van der Waals surface area contributed by atoms with Crippen molar-refractivity contribution in [2.75, 3.05) is 13.7 Å². The van der Waals surface area contributed by atoms with E-state index >= 15 is 0 Å². The molecule has 11 heteroatoms. The number of nitrogens with zero attached hydrogens (tertiary/aromatic N) is 3. The van der Waals surface area contributed by atoms with Gasteiger partial charge in [0.25, 0.3) is 5.91 Å². The van der Waals surface area contributed by atoms with Gasteiger partial charge in [-0.25, -0.2) is 8.91 Å². The van der Waals surface area contributed by atoms with Crippen LogP contribution < -0.4 is 20.1 Å². The lowest BCUT2D eigenvalue weighted by atomic mass is 9.72. The number of ether oxygens (including phenoxy) is 2. The maximum atomic E-state index is 13.3. The average molecular weight is 499 g/mol. The van der Waals surface area contributed by atoms with Crippen LogP contribution in [0.15, 0.2) is 36.7 Å². The summed E-state index contributed by atoms with van der Waals surface area (Å²) in [5.41, 5.74) is 2.28. The van der Waals surface area contributed by atoms with Gasteiger partial charge in [-0.1, -0.05) is 6.07 Å². The molecule has 36 heavy (non-hydrogen) atoms. The molecule has 2 fully saturated rings. The van der Waals surface area contributed by atoms with Gasteiger partial charge in [0.15, 0.2) is 0 Å². The van der Waals surface area contributed by atoms with Gasteiger partial charge in [0.05, 0.1) is 37.5 Å². The maximum Gasteiger partial charge on any atom is 0.387 e. The van der Waals surface area contributed by atoms with Crippen molar-refractivity contribution < 1.29 is 27.4 Å². The molecule has 3 aromatic rings. The monoisotopic (exact) mass is 499 g/mol. The lowest BCUT2D eigenvalue weighted by molar-refractivity contribution is -0.0502. The molecule has 0 radical (unpaired) electrons. The number of methoxy groups -OCH3 is 1. The third-order valence-electron chi connectivity index (χ3n) is 6.85. The molecule has 2 N–H and O–H groups in total. The van der Waals surface area contributed by atoms with Crippen molar-refractivity contribution in [2.45, 2.75) is 50.0 Å². The number of pyridine rings is 1. The highest BCUT2D eigenvalue weighted by atomic mass is 19.3. The van der Waals surface area contributed by atoms with Gasteiger partial charge >= 0.3 is 6.61 Å². The minimum atomic E-state index is -3.18. The molecule has 0 spiro atoms. The number of benzene rings is 1. The van der Waals surface area contributed by atoms with E-state index in [1.807, 2.05) is 18.3 Å². The molecule has 1 amide bonds. The van der Waals surface area contributed by atoms with Crippen LogP contribution >= 0.6 is 0 Å². The molecule has 2 atom stereocenters. The van der Waals surface area contributed by atoms with E-state index in [2.05, 4.69) is 26.5 Å². The van der Waals surface area contributed by atoms with Crippen LogP contribution in [0.2, 0.25) is 0 Å². The molecule has 0 bridgehead atoms. The molecule has 0 unspecified atom stereocenters. The Bertz CT molecular complexity index is 1350. The molecule has 0 saturated heterocycles. The van der Waals surface area contributed by atoms with E-state index in [-0.39, 0.29) is 35.6 Å². The summed E-state index contributed by atoms with van der Waals surface area (Å²) in [5.74, 6) is -1.11. The third kappa shape index (κ3) is 4.33. The third-order valence-corrected chi connectivity index (χ3v) is 6.85. The number of amides is 1. The number of hydrogen-bond donors (Lipinski definition) is 2. The van der Waals surface area contributed by atoms with Crippen molar-refractivity contribution in [2.24, 2.45) is 0 Å². The Kier molecular flexibility index (Phi) is 6.22. The topological polar surface area (TPSA) is 101 Å². The molecule has 2 heterocycles. The van der Waals surface area contributed by atoms with Gasteiger partial charge in [-0.05, 0) is 48.6 Å². The fourth-order valence-electron chi connectivity index (χ4n) is 4.67. The van der Waals surface area contributed by atoms with Crippen molar-refractivity contribution in [1.29, 1.82) is 5.26 Å². The second-order valence-corrected chi connectivity index (χ2v) is 9.01. The number of nitriles is 1. The Labute approximate surface area is 205 Å². The normalized spacial score (nSPS) is 20.0. The Morgan fingerprint density at radius 2 is 2.08 bits per heavy atom. The highest BCUT2D eigenvalue weighted by Gasteiger charge is 2.40. The van der Waals surface area contributed by atoms with Gasteiger partial charge in [-0.3, -0.25) is 10.1 Å². The average Bonchev–Trinajstić information content (AvgIpc) is 3.35. The molecule has 188 valence electrons. The zero-order chi connectivity index (χ0) is 25.4. The fourth-order valence-corrected chi connectivity index (χ4v) is 4.67. The summed E-state index contributed by atoms with van der Waals surface area (Å²) in [4.78, 5) is 12.7. The predicted octanol–water partition coefficient (Wildman–Crippen LogP) is 3.94. The van der Waals surface area contributed by atoms with Crippen LogP contribution in [0.1, 0.15) is 41.6 Å². The van der Waals surface area contributed by atoms with Crippen LogP contribution in [0.25, 0.3) is 16.6 Å². The number of aromatic nitrogens is 2. The second-order valence-electron chi connectivity index (χ2n) is 9.01. The maximum absolute atomic E-state index is 13.3. The molecule has 8 nitrogen and oxygen atoms in total. The molecular formula is C25H24F3N5O3. The first-order valence-electron chi connectivity index (χ1n) is 11.6. The summed E-state index contributed by atoms with van der Waals surface area (Å²) in [5, 5.41) is 19.2. The quantitative estimate of drug-likeness (QED) is 0.433. The first kappa shape index (κ1) is 23.9. The van der Waals surface area contributed by atoms with E-state index in [0.29, 0.717) is 16.6 Å². The number of fused-ring (bicyclic) bond motifs is 1. The number of nitrogens with one attached hydrogen (secondary N) is 2. The molecule has 2 aromatic heterocycles. The van der Waals surface area contributed by atoms with Crippen molar-refractivity contribution >= 4 is 11.4 Å². The summed E-state index contributed by atoms with van der Waals surface area (Å²) in [6.45, 7) is -2.95.